The van der Waals surface area contributed by atoms with Gasteiger partial charge in [0.05, 0.1) is 0 Å². The lowest BCUT2D eigenvalue weighted by Crippen LogP contribution is -2.11. The maximum atomic E-state index is 10.5. The van der Waals surface area contributed by atoms with E-state index in [4.69, 9.17) is 5.73 Å². The predicted octanol–water partition coefficient (Wildman–Crippen LogP) is 1.45. The van der Waals surface area contributed by atoms with Crippen LogP contribution in [0.25, 0.3) is 0 Å². The number of amides is 2. The molecule has 3 N–H and O–H groups in total. The Morgan fingerprint density at radius 1 is 1.35 bits per heavy atom. The number of hydrogen-bond donors (Lipinski definition) is 2. The average molecular weight is 236 g/mol. The third kappa shape index (κ3) is 10.4. The number of rotatable bonds is 3. The van der Waals surface area contributed by atoms with Crippen LogP contribution < -0.4 is 11.1 Å². The Labute approximate surface area is 102 Å². The summed E-state index contributed by atoms with van der Waals surface area (Å²) in [6.07, 6.45) is 12.3. The van der Waals surface area contributed by atoms with E-state index in [1.807, 2.05) is 24.3 Å². The number of allylic oxidation sites excluding steroid dienone is 6. The van der Waals surface area contributed by atoms with Gasteiger partial charge in [-0.1, -0.05) is 36.0 Å². The highest BCUT2D eigenvalue weighted by molar-refractivity contribution is 5.74. The van der Waals surface area contributed by atoms with Crippen molar-refractivity contribution in [3.8, 4) is 0 Å². The molecular formula is C13H20N2O2. The standard InChI is InChI=1S/C10H13NO.C3H7NO/c11-10(12)8-7-9-5-3-1-2-4-6-9;1-3(5)4-2/h1-5H,6-8H2,(H2,11,12);1-2H3,(H,4,5). The van der Waals surface area contributed by atoms with E-state index < -0.39 is 0 Å². The largest absolute Gasteiger partial charge is 0.370 e. The van der Waals surface area contributed by atoms with Crippen LogP contribution in [0.2, 0.25) is 0 Å². The van der Waals surface area contributed by atoms with E-state index >= 15 is 0 Å². The minimum absolute atomic E-state index is 0.00463. The van der Waals surface area contributed by atoms with Crippen molar-refractivity contribution in [1.29, 1.82) is 0 Å². The van der Waals surface area contributed by atoms with Crippen molar-refractivity contribution in [2.24, 2.45) is 5.73 Å². The average Bonchev–Trinajstić information content (AvgIpc) is 2.55. The van der Waals surface area contributed by atoms with Crippen molar-refractivity contribution >= 4 is 11.8 Å². The van der Waals surface area contributed by atoms with Crippen LogP contribution in [0.15, 0.2) is 36.0 Å². The lowest BCUT2D eigenvalue weighted by Gasteiger charge is -1.99. The molecule has 0 aliphatic heterocycles. The van der Waals surface area contributed by atoms with Gasteiger partial charge in [-0.05, 0) is 12.8 Å². The van der Waals surface area contributed by atoms with Crippen molar-refractivity contribution < 1.29 is 9.59 Å². The van der Waals surface area contributed by atoms with E-state index in [1.165, 1.54) is 12.5 Å². The molecule has 1 rings (SSSR count). The van der Waals surface area contributed by atoms with Gasteiger partial charge in [-0.15, -0.1) is 0 Å². The van der Waals surface area contributed by atoms with Crippen LogP contribution in [0.5, 0.6) is 0 Å². The molecular weight excluding hydrogens is 216 g/mol. The van der Waals surface area contributed by atoms with Gasteiger partial charge in [0, 0.05) is 20.4 Å². The van der Waals surface area contributed by atoms with Crippen LogP contribution in [-0.4, -0.2) is 18.9 Å². The fraction of sp³-hybridized carbons (Fsp3) is 0.385. The van der Waals surface area contributed by atoms with Gasteiger partial charge in [0.2, 0.25) is 11.8 Å². The monoisotopic (exact) mass is 236 g/mol. The number of nitrogens with two attached hydrogens (primary N) is 1. The topological polar surface area (TPSA) is 72.2 Å². The van der Waals surface area contributed by atoms with E-state index in [0.29, 0.717) is 6.42 Å². The van der Waals surface area contributed by atoms with Gasteiger partial charge >= 0.3 is 0 Å². The Morgan fingerprint density at radius 3 is 2.53 bits per heavy atom. The summed E-state index contributed by atoms with van der Waals surface area (Å²) in [5.74, 6) is -0.224. The first kappa shape index (κ1) is 15.2. The highest BCUT2D eigenvalue weighted by Crippen LogP contribution is 2.12. The molecule has 4 heteroatoms. The molecule has 0 heterocycles. The Hall–Kier alpha value is -1.84. The Morgan fingerprint density at radius 2 is 2.00 bits per heavy atom. The lowest BCUT2D eigenvalue weighted by atomic mass is 10.1. The molecule has 0 saturated carbocycles. The van der Waals surface area contributed by atoms with Gasteiger partial charge in [0.15, 0.2) is 0 Å². The molecule has 0 radical (unpaired) electrons. The highest BCUT2D eigenvalue weighted by atomic mass is 16.1. The van der Waals surface area contributed by atoms with Crippen molar-refractivity contribution in [3.63, 3.8) is 0 Å². The van der Waals surface area contributed by atoms with Crippen LogP contribution in [0.1, 0.15) is 26.2 Å². The van der Waals surface area contributed by atoms with Gasteiger partial charge in [-0.25, -0.2) is 0 Å². The zero-order chi connectivity index (χ0) is 13.1. The second kappa shape index (κ2) is 9.39. The summed E-state index contributed by atoms with van der Waals surface area (Å²) in [6.45, 7) is 1.47. The normalized spacial score (nSPS) is 12.9. The minimum Gasteiger partial charge on any atom is -0.370 e. The number of primary amides is 1. The maximum Gasteiger partial charge on any atom is 0.217 e. The molecule has 1 aliphatic rings. The van der Waals surface area contributed by atoms with Crippen LogP contribution in [0, 0.1) is 0 Å². The molecule has 0 spiro atoms. The summed E-state index contributed by atoms with van der Waals surface area (Å²) in [5.41, 5.74) is 6.31. The first-order valence-electron chi connectivity index (χ1n) is 5.54. The molecule has 0 aromatic carbocycles. The summed E-state index contributed by atoms with van der Waals surface area (Å²) in [6, 6.07) is 0. The predicted molar refractivity (Wildman–Crippen MR) is 69.1 cm³/mol. The van der Waals surface area contributed by atoms with E-state index in [-0.39, 0.29) is 11.8 Å². The van der Waals surface area contributed by atoms with Crippen LogP contribution in [0.3, 0.4) is 0 Å². The van der Waals surface area contributed by atoms with Crippen molar-refractivity contribution in [2.45, 2.75) is 26.2 Å². The first-order chi connectivity index (χ1) is 8.06. The Bertz CT molecular complexity index is 341. The quantitative estimate of drug-likeness (QED) is 0.778. The number of nitrogens with one attached hydrogen (secondary N) is 1. The van der Waals surface area contributed by atoms with Gasteiger partial charge < -0.3 is 11.1 Å². The molecule has 0 atom stereocenters. The van der Waals surface area contributed by atoms with Crippen molar-refractivity contribution in [3.05, 3.63) is 36.0 Å². The molecule has 0 fully saturated rings. The van der Waals surface area contributed by atoms with Crippen LogP contribution >= 0.6 is 0 Å². The van der Waals surface area contributed by atoms with Gasteiger partial charge in [-0.2, -0.15) is 0 Å². The number of carbonyl (C=O) groups is 2. The SMILES string of the molecule is CNC(C)=O.NC(=O)CCC1=CC=CC=CC1. The van der Waals surface area contributed by atoms with Crippen molar-refractivity contribution in [2.75, 3.05) is 7.05 Å². The van der Waals surface area contributed by atoms with E-state index in [2.05, 4.69) is 11.4 Å². The van der Waals surface area contributed by atoms with E-state index in [9.17, 15) is 9.59 Å². The van der Waals surface area contributed by atoms with E-state index in [0.717, 1.165) is 12.8 Å². The summed E-state index contributed by atoms with van der Waals surface area (Å²) < 4.78 is 0. The first-order valence-corrected chi connectivity index (χ1v) is 5.54. The number of hydrogen-bond acceptors (Lipinski definition) is 2. The number of carbonyl (C=O) groups excluding carboxylic acids is 2. The zero-order valence-corrected chi connectivity index (χ0v) is 10.4. The van der Waals surface area contributed by atoms with Crippen LogP contribution in [-0.2, 0) is 9.59 Å². The highest BCUT2D eigenvalue weighted by Gasteiger charge is 1.99. The summed E-state index contributed by atoms with van der Waals surface area (Å²) in [4.78, 5) is 20.2. The molecule has 2 amide bonds. The van der Waals surface area contributed by atoms with Crippen molar-refractivity contribution in [1.82, 2.24) is 5.32 Å². The molecule has 0 bridgehead atoms. The van der Waals surface area contributed by atoms with Gasteiger partial charge in [-0.3, -0.25) is 9.59 Å². The summed E-state index contributed by atoms with van der Waals surface area (Å²) in [7, 11) is 1.60. The molecule has 94 valence electrons. The minimum atomic E-state index is -0.229. The lowest BCUT2D eigenvalue weighted by molar-refractivity contribution is -0.119. The van der Waals surface area contributed by atoms with Crippen LogP contribution in [0.4, 0.5) is 0 Å². The molecule has 0 aromatic heterocycles. The molecule has 0 unspecified atom stereocenters. The molecule has 0 aromatic rings. The second-order valence-electron chi connectivity index (χ2n) is 3.61. The second-order valence-corrected chi connectivity index (χ2v) is 3.61. The Balaban J connectivity index is 0.000000437. The smallest absolute Gasteiger partial charge is 0.217 e. The molecule has 4 nitrogen and oxygen atoms in total. The van der Waals surface area contributed by atoms with Gasteiger partial charge in [0.25, 0.3) is 0 Å². The third-order valence-electron chi connectivity index (χ3n) is 2.11. The fourth-order valence-electron chi connectivity index (χ4n) is 1.09. The Kier molecular flexibility index (Phi) is 8.37. The van der Waals surface area contributed by atoms with Gasteiger partial charge in [0.1, 0.15) is 0 Å². The summed E-state index contributed by atoms with van der Waals surface area (Å²) >= 11 is 0. The molecule has 0 saturated heterocycles. The van der Waals surface area contributed by atoms with E-state index in [1.54, 1.807) is 7.05 Å². The maximum absolute atomic E-state index is 10.5. The zero-order valence-electron chi connectivity index (χ0n) is 10.4. The summed E-state index contributed by atoms with van der Waals surface area (Å²) in [5, 5.41) is 2.39. The third-order valence-corrected chi connectivity index (χ3v) is 2.11. The molecule has 1 aliphatic carbocycles. The molecule has 17 heavy (non-hydrogen) atoms. The fourth-order valence-corrected chi connectivity index (χ4v) is 1.09.